The quantitative estimate of drug-likeness (QED) is 0.662. The number of aryl methyl sites for hydroxylation is 2. The summed E-state index contributed by atoms with van der Waals surface area (Å²) >= 11 is 0. The van der Waals surface area contributed by atoms with Gasteiger partial charge in [-0.25, -0.2) is 0 Å². The van der Waals surface area contributed by atoms with Crippen LogP contribution in [0.5, 0.6) is 11.5 Å². The lowest BCUT2D eigenvalue weighted by molar-refractivity contribution is 0.398. The fourth-order valence-electron chi connectivity index (χ4n) is 2.70. The standard InChI is InChI=1S/C20H24O2/c1-4-8-16-9-5-6-10-17(16)11-7-12-18-15-19(21-2)13-14-20(18)22-3/h4-6,9-10,13-15H,1,7-8,11-12H2,2-3H3. The summed E-state index contributed by atoms with van der Waals surface area (Å²) < 4.78 is 10.7. The van der Waals surface area contributed by atoms with Gasteiger partial charge >= 0.3 is 0 Å². The molecule has 116 valence electrons. The molecule has 0 atom stereocenters. The van der Waals surface area contributed by atoms with Gasteiger partial charge in [-0.3, -0.25) is 0 Å². The van der Waals surface area contributed by atoms with E-state index < -0.39 is 0 Å². The monoisotopic (exact) mass is 296 g/mol. The second-order valence-corrected chi connectivity index (χ2v) is 5.29. The minimum Gasteiger partial charge on any atom is -0.497 e. The molecule has 2 nitrogen and oxygen atoms in total. The Morgan fingerprint density at radius 1 is 0.909 bits per heavy atom. The van der Waals surface area contributed by atoms with Crippen LogP contribution in [0, 0.1) is 0 Å². The Labute approximate surface area is 133 Å². The van der Waals surface area contributed by atoms with Gasteiger partial charge in [-0.15, -0.1) is 6.58 Å². The Morgan fingerprint density at radius 2 is 1.64 bits per heavy atom. The van der Waals surface area contributed by atoms with Crippen LogP contribution in [0.4, 0.5) is 0 Å². The third-order valence-corrected chi connectivity index (χ3v) is 3.86. The van der Waals surface area contributed by atoms with E-state index in [0.717, 1.165) is 37.2 Å². The molecule has 0 heterocycles. The average Bonchev–Trinajstić information content (AvgIpc) is 2.56. The maximum atomic E-state index is 5.44. The lowest BCUT2D eigenvalue weighted by Crippen LogP contribution is -1.97. The number of methoxy groups -OCH3 is 2. The molecule has 0 radical (unpaired) electrons. The van der Waals surface area contributed by atoms with E-state index in [1.165, 1.54) is 16.7 Å². The van der Waals surface area contributed by atoms with Gasteiger partial charge in [0.1, 0.15) is 11.5 Å². The maximum Gasteiger partial charge on any atom is 0.122 e. The molecule has 2 heteroatoms. The van der Waals surface area contributed by atoms with E-state index >= 15 is 0 Å². The van der Waals surface area contributed by atoms with Crippen LogP contribution in [0.15, 0.2) is 55.1 Å². The van der Waals surface area contributed by atoms with Crippen LogP contribution in [0.25, 0.3) is 0 Å². The largest absolute Gasteiger partial charge is 0.497 e. The van der Waals surface area contributed by atoms with Gasteiger partial charge in [-0.2, -0.15) is 0 Å². The molecule has 22 heavy (non-hydrogen) atoms. The van der Waals surface area contributed by atoms with Crippen molar-refractivity contribution >= 4 is 0 Å². The summed E-state index contributed by atoms with van der Waals surface area (Å²) in [6, 6.07) is 14.6. The Hall–Kier alpha value is -2.22. The van der Waals surface area contributed by atoms with E-state index in [-0.39, 0.29) is 0 Å². The van der Waals surface area contributed by atoms with Crippen LogP contribution in [-0.2, 0) is 19.3 Å². The molecule has 2 rings (SSSR count). The molecule has 0 aliphatic carbocycles. The highest BCUT2D eigenvalue weighted by atomic mass is 16.5. The predicted molar refractivity (Wildman–Crippen MR) is 91.9 cm³/mol. The van der Waals surface area contributed by atoms with Crippen LogP contribution in [0.2, 0.25) is 0 Å². The highest BCUT2D eigenvalue weighted by Gasteiger charge is 2.06. The second-order valence-electron chi connectivity index (χ2n) is 5.29. The van der Waals surface area contributed by atoms with E-state index in [4.69, 9.17) is 9.47 Å². The fourth-order valence-corrected chi connectivity index (χ4v) is 2.70. The number of rotatable bonds is 8. The molecule has 0 spiro atoms. The highest BCUT2D eigenvalue weighted by Crippen LogP contribution is 2.25. The first-order valence-electron chi connectivity index (χ1n) is 7.67. The third-order valence-electron chi connectivity index (χ3n) is 3.86. The Morgan fingerprint density at radius 3 is 2.32 bits per heavy atom. The van der Waals surface area contributed by atoms with Gasteiger partial charge in [0, 0.05) is 0 Å². The van der Waals surface area contributed by atoms with Gasteiger partial charge < -0.3 is 9.47 Å². The Bertz CT molecular complexity index is 617. The van der Waals surface area contributed by atoms with Gasteiger partial charge in [-0.1, -0.05) is 30.3 Å². The summed E-state index contributed by atoms with van der Waals surface area (Å²) in [5.41, 5.74) is 3.97. The zero-order chi connectivity index (χ0) is 15.8. The first kappa shape index (κ1) is 16.2. The molecule has 0 bridgehead atoms. The number of hydrogen-bond donors (Lipinski definition) is 0. The SMILES string of the molecule is C=CCc1ccccc1CCCc1cc(OC)ccc1OC. The molecule has 0 saturated carbocycles. The van der Waals surface area contributed by atoms with Crippen molar-refractivity contribution in [3.05, 3.63) is 71.8 Å². The van der Waals surface area contributed by atoms with Crippen molar-refractivity contribution in [2.24, 2.45) is 0 Å². The molecule has 0 saturated heterocycles. The molecular weight excluding hydrogens is 272 g/mol. The van der Waals surface area contributed by atoms with Crippen LogP contribution >= 0.6 is 0 Å². The van der Waals surface area contributed by atoms with E-state index in [2.05, 4.69) is 36.9 Å². The minimum absolute atomic E-state index is 0.878. The van der Waals surface area contributed by atoms with Gasteiger partial charge in [0.2, 0.25) is 0 Å². The molecule has 0 amide bonds. The maximum absolute atomic E-state index is 5.44. The van der Waals surface area contributed by atoms with Crippen LogP contribution < -0.4 is 9.47 Å². The van der Waals surface area contributed by atoms with Gasteiger partial charge in [0.15, 0.2) is 0 Å². The Balaban J connectivity index is 2.03. The number of benzene rings is 2. The molecule has 0 aromatic heterocycles. The van der Waals surface area contributed by atoms with Gasteiger partial charge in [0.05, 0.1) is 14.2 Å². The summed E-state index contributed by atoms with van der Waals surface area (Å²) in [6.45, 7) is 3.84. The lowest BCUT2D eigenvalue weighted by Gasteiger charge is -2.11. The topological polar surface area (TPSA) is 18.5 Å². The number of hydrogen-bond acceptors (Lipinski definition) is 2. The molecule has 0 fully saturated rings. The van der Waals surface area contributed by atoms with Crippen molar-refractivity contribution in [2.75, 3.05) is 14.2 Å². The molecule has 0 N–H and O–H groups in total. The van der Waals surface area contributed by atoms with Crippen molar-refractivity contribution in [3.63, 3.8) is 0 Å². The normalized spacial score (nSPS) is 10.3. The average molecular weight is 296 g/mol. The van der Waals surface area contributed by atoms with Crippen LogP contribution in [-0.4, -0.2) is 14.2 Å². The van der Waals surface area contributed by atoms with E-state index in [9.17, 15) is 0 Å². The van der Waals surface area contributed by atoms with Crippen molar-refractivity contribution in [1.82, 2.24) is 0 Å². The van der Waals surface area contributed by atoms with Crippen LogP contribution in [0.1, 0.15) is 23.1 Å². The van der Waals surface area contributed by atoms with Gasteiger partial charge in [-0.05, 0) is 60.6 Å². The summed E-state index contributed by atoms with van der Waals surface area (Å²) in [5, 5.41) is 0. The smallest absolute Gasteiger partial charge is 0.122 e. The number of allylic oxidation sites excluding steroid dienone is 1. The molecule has 2 aromatic rings. The minimum atomic E-state index is 0.878. The fraction of sp³-hybridized carbons (Fsp3) is 0.300. The lowest BCUT2D eigenvalue weighted by atomic mass is 9.98. The molecule has 0 aliphatic heterocycles. The van der Waals surface area contributed by atoms with Gasteiger partial charge in [0.25, 0.3) is 0 Å². The summed E-state index contributed by atoms with van der Waals surface area (Å²) in [4.78, 5) is 0. The first-order valence-corrected chi connectivity index (χ1v) is 7.67. The third kappa shape index (κ3) is 4.14. The molecular formula is C20H24O2. The summed E-state index contributed by atoms with van der Waals surface area (Å²) in [5.74, 6) is 1.81. The summed E-state index contributed by atoms with van der Waals surface area (Å²) in [7, 11) is 3.40. The van der Waals surface area contributed by atoms with Crippen molar-refractivity contribution in [2.45, 2.75) is 25.7 Å². The first-order chi connectivity index (χ1) is 10.8. The van der Waals surface area contributed by atoms with E-state index in [1.807, 2.05) is 18.2 Å². The molecule has 2 aromatic carbocycles. The molecule has 0 unspecified atom stereocenters. The molecule has 0 aliphatic rings. The highest BCUT2D eigenvalue weighted by molar-refractivity contribution is 5.40. The van der Waals surface area contributed by atoms with Crippen LogP contribution in [0.3, 0.4) is 0 Å². The zero-order valence-corrected chi connectivity index (χ0v) is 13.5. The summed E-state index contributed by atoms with van der Waals surface area (Å²) in [6.07, 6.45) is 6.01. The van der Waals surface area contributed by atoms with Crippen molar-refractivity contribution in [1.29, 1.82) is 0 Å². The predicted octanol–water partition coefficient (Wildman–Crippen LogP) is 4.61. The van der Waals surface area contributed by atoms with E-state index in [1.54, 1.807) is 14.2 Å². The second kappa shape index (κ2) is 8.28. The Kier molecular flexibility index (Phi) is 6.08. The van der Waals surface area contributed by atoms with Crippen molar-refractivity contribution < 1.29 is 9.47 Å². The van der Waals surface area contributed by atoms with Crippen molar-refractivity contribution in [3.8, 4) is 11.5 Å². The zero-order valence-electron chi connectivity index (χ0n) is 13.5. The van der Waals surface area contributed by atoms with E-state index in [0.29, 0.717) is 0 Å². The number of ether oxygens (including phenoxy) is 2.